The monoisotopic (exact) mass is 527 g/mol. The molecule has 0 aromatic heterocycles. The Kier molecular flexibility index (Phi) is 5.34. The van der Waals surface area contributed by atoms with E-state index in [4.69, 9.17) is 16.2 Å². The maximum atomic E-state index is 13.4. The van der Waals surface area contributed by atoms with Crippen LogP contribution in [-0.4, -0.2) is 80.3 Å². The SMILES string of the molecule is NC1=N[C@@H](C(=O)O)[C@@H]2[NH+]=C(N)N[C@]23N1C[C@H](OC(=O)c1cc(C(F)(F)F)ccc1C(F)(F)F)C3(O)O. The molecule has 0 saturated carbocycles. The maximum absolute atomic E-state index is 13.4. The molecule has 0 amide bonds. The predicted molar refractivity (Wildman–Crippen MR) is 102 cm³/mol. The zero-order valence-corrected chi connectivity index (χ0v) is 17.6. The number of hydrogen-bond acceptors (Lipinski definition) is 10. The third-order valence-electron chi connectivity index (χ3n) is 6.11. The highest BCUT2D eigenvalue weighted by Gasteiger charge is 2.78. The van der Waals surface area contributed by atoms with Crippen LogP contribution in [0.1, 0.15) is 21.5 Å². The summed E-state index contributed by atoms with van der Waals surface area (Å²) < 4.78 is 84.4. The van der Waals surface area contributed by atoms with Crippen LogP contribution >= 0.6 is 0 Å². The summed E-state index contributed by atoms with van der Waals surface area (Å²) in [7, 11) is 0. The fourth-order valence-electron chi connectivity index (χ4n) is 4.54. The lowest BCUT2D eigenvalue weighted by Gasteiger charge is -2.44. The highest BCUT2D eigenvalue weighted by Crippen LogP contribution is 2.43. The molecule has 196 valence electrons. The predicted octanol–water partition coefficient (Wildman–Crippen LogP) is -2.91. The molecule has 0 unspecified atom stereocenters. The van der Waals surface area contributed by atoms with E-state index in [-0.39, 0.29) is 24.2 Å². The topological polar surface area (TPSA) is 198 Å². The van der Waals surface area contributed by atoms with Crippen LogP contribution in [0.25, 0.3) is 0 Å². The van der Waals surface area contributed by atoms with Gasteiger partial charge < -0.3 is 25.8 Å². The van der Waals surface area contributed by atoms with Crippen molar-refractivity contribution in [2.75, 3.05) is 6.54 Å². The zero-order valence-electron chi connectivity index (χ0n) is 17.6. The lowest BCUT2D eigenvalue weighted by molar-refractivity contribution is -0.520. The number of alkyl halides is 6. The van der Waals surface area contributed by atoms with E-state index < -0.39 is 83.1 Å². The fourth-order valence-corrected chi connectivity index (χ4v) is 4.54. The first kappa shape index (κ1) is 25.3. The molecular weight excluding hydrogens is 510 g/mol. The van der Waals surface area contributed by atoms with Crippen LogP contribution in [-0.2, 0) is 21.9 Å². The standard InChI is InChI=1S/C18H16F6N6O6/c19-17(20,21)5-1-2-7(18(22,23)24)6(3-5)12(33)36-8-4-30-14(26)27-9(11(31)32)10-15(30,16(8,34)35)29-13(25)28-10/h1-3,8-10,34-35H,4H2,(H2,26,27)(H,31,32)(H3,25,28,29)/p+1/t8-,9+,10-,15-/m0/s1. The van der Waals surface area contributed by atoms with E-state index in [0.717, 1.165) is 4.90 Å². The number of carboxylic acid groups (broad SMARTS) is 1. The van der Waals surface area contributed by atoms with Gasteiger partial charge in [0, 0.05) is 0 Å². The zero-order chi connectivity index (χ0) is 27.0. The molecule has 4 atom stereocenters. The molecule has 1 fully saturated rings. The van der Waals surface area contributed by atoms with Gasteiger partial charge in [-0.05, 0) is 18.2 Å². The second-order valence-electron chi connectivity index (χ2n) is 8.18. The number of carboxylic acids is 1. The van der Waals surface area contributed by atoms with Crippen LogP contribution in [0.15, 0.2) is 23.2 Å². The van der Waals surface area contributed by atoms with Gasteiger partial charge in [-0.25, -0.2) is 19.9 Å². The Morgan fingerprint density at radius 2 is 1.81 bits per heavy atom. The van der Waals surface area contributed by atoms with Crippen molar-refractivity contribution < 1.29 is 61.0 Å². The summed E-state index contributed by atoms with van der Waals surface area (Å²) in [5.41, 5.74) is 4.20. The van der Waals surface area contributed by atoms with E-state index in [1.165, 1.54) is 0 Å². The second-order valence-corrected chi connectivity index (χ2v) is 8.18. The molecule has 0 radical (unpaired) electrons. The second kappa shape index (κ2) is 7.60. The van der Waals surface area contributed by atoms with Crippen molar-refractivity contribution >= 4 is 23.9 Å². The van der Waals surface area contributed by atoms with Gasteiger partial charge in [-0.2, -0.15) is 26.3 Å². The number of aliphatic hydroxyl groups is 2. The van der Waals surface area contributed by atoms with Crippen molar-refractivity contribution in [1.29, 1.82) is 0 Å². The number of nitrogens with zero attached hydrogens (tertiary/aromatic N) is 2. The summed E-state index contributed by atoms with van der Waals surface area (Å²) in [6.45, 7) is -0.765. The Labute approximate surface area is 195 Å². The molecule has 1 saturated heterocycles. The van der Waals surface area contributed by atoms with Gasteiger partial charge in [-0.1, -0.05) is 0 Å². The molecule has 3 heterocycles. The van der Waals surface area contributed by atoms with Crippen LogP contribution in [0.5, 0.6) is 0 Å². The van der Waals surface area contributed by atoms with Crippen molar-refractivity contribution in [3.05, 3.63) is 34.9 Å². The van der Waals surface area contributed by atoms with Gasteiger partial charge in [0.15, 0.2) is 24.1 Å². The van der Waals surface area contributed by atoms with Crippen LogP contribution in [0, 0.1) is 0 Å². The molecule has 3 aliphatic rings. The van der Waals surface area contributed by atoms with E-state index >= 15 is 0 Å². The smallest absolute Gasteiger partial charge is 0.417 e. The summed E-state index contributed by atoms with van der Waals surface area (Å²) in [5, 5.41) is 33.9. The van der Waals surface area contributed by atoms with Crippen LogP contribution in [0.2, 0.25) is 0 Å². The number of guanidine groups is 2. The van der Waals surface area contributed by atoms with Crippen molar-refractivity contribution in [3.63, 3.8) is 0 Å². The Balaban J connectivity index is 1.74. The van der Waals surface area contributed by atoms with Crippen LogP contribution in [0.4, 0.5) is 26.3 Å². The number of carbonyl (C=O) groups excluding carboxylic acids is 1. The maximum Gasteiger partial charge on any atom is 0.417 e. The quantitative estimate of drug-likeness (QED) is 0.122. The van der Waals surface area contributed by atoms with E-state index in [1.54, 1.807) is 0 Å². The Morgan fingerprint density at radius 1 is 1.17 bits per heavy atom. The average molecular weight is 527 g/mol. The Hall–Kier alpha value is -3.80. The Bertz CT molecular complexity index is 1200. The number of nitrogens with two attached hydrogens (primary N) is 2. The molecule has 9 N–H and O–H groups in total. The molecule has 1 aromatic carbocycles. The molecule has 0 bridgehead atoms. The highest BCUT2D eigenvalue weighted by molar-refractivity contribution is 5.92. The van der Waals surface area contributed by atoms with Gasteiger partial charge in [-0.15, -0.1) is 0 Å². The lowest BCUT2D eigenvalue weighted by Crippen LogP contribution is -2.90. The van der Waals surface area contributed by atoms with E-state index in [0.29, 0.717) is 0 Å². The first-order chi connectivity index (χ1) is 16.4. The van der Waals surface area contributed by atoms with E-state index in [1.807, 2.05) is 0 Å². The number of ether oxygens (including phenoxy) is 1. The van der Waals surface area contributed by atoms with Crippen molar-refractivity contribution in [3.8, 4) is 0 Å². The molecule has 1 aromatic rings. The number of rotatable bonds is 3. The average Bonchev–Trinajstić information content (AvgIpc) is 3.20. The number of halogens is 6. The number of benzene rings is 1. The van der Waals surface area contributed by atoms with Gasteiger partial charge in [0.05, 0.1) is 23.2 Å². The van der Waals surface area contributed by atoms with Crippen LogP contribution in [0.3, 0.4) is 0 Å². The largest absolute Gasteiger partial charge is 0.480 e. The number of nitrogens with one attached hydrogen (secondary N) is 2. The first-order valence-corrected chi connectivity index (χ1v) is 9.86. The number of carbonyl (C=O) groups is 2. The minimum atomic E-state index is -5.27. The van der Waals surface area contributed by atoms with Crippen molar-refractivity contribution in [2.45, 2.75) is 42.0 Å². The van der Waals surface area contributed by atoms with Gasteiger partial charge in [0.25, 0.3) is 11.4 Å². The fraction of sp³-hybridized carbons (Fsp3) is 0.444. The number of aliphatic carboxylic acids is 1. The highest BCUT2D eigenvalue weighted by atomic mass is 19.4. The third-order valence-corrected chi connectivity index (χ3v) is 6.11. The van der Waals surface area contributed by atoms with Crippen molar-refractivity contribution in [2.24, 2.45) is 16.5 Å². The van der Waals surface area contributed by atoms with E-state index in [2.05, 4.69) is 15.3 Å². The minimum Gasteiger partial charge on any atom is -0.480 e. The van der Waals surface area contributed by atoms with Crippen LogP contribution < -0.4 is 21.8 Å². The normalized spacial score (nSPS) is 29.0. The van der Waals surface area contributed by atoms with Gasteiger partial charge >= 0.3 is 30.3 Å². The Morgan fingerprint density at radius 3 is 2.36 bits per heavy atom. The summed E-state index contributed by atoms with van der Waals surface area (Å²) in [6.07, 6.45) is -12.5. The number of esters is 1. The molecule has 36 heavy (non-hydrogen) atoms. The number of aliphatic imine (C=N–C) groups is 1. The first-order valence-electron chi connectivity index (χ1n) is 9.86. The summed E-state index contributed by atoms with van der Waals surface area (Å²) >= 11 is 0. The summed E-state index contributed by atoms with van der Waals surface area (Å²) in [6, 6.07) is -3.21. The molecule has 0 aliphatic carbocycles. The van der Waals surface area contributed by atoms with E-state index in [9.17, 15) is 51.3 Å². The molecule has 12 nitrogen and oxygen atoms in total. The lowest BCUT2D eigenvalue weighted by atomic mass is 9.85. The summed E-state index contributed by atoms with van der Waals surface area (Å²) in [4.78, 5) is 31.4. The summed E-state index contributed by atoms with van der Waals surface area (Å²) in [5.74, 6) is -7.77. The minimum absolute atomic E-state index is 0.0391. The van der Waals surface area contributed by atoms with Gasteiger partial charge in [0.1, 0.15) is 0 Å². The number of hydrogen-bond donors (Lipinski definition) is 7. The molecule has 18 heteroatoms. The molecule has 3 aliphatic heterocycles. The molecule has 1 spiro atoms. The third kappa shape index (κ3) is 3.55. The molecule has 4 rings (SSSR count). The van der Waals surface area contributed by atoms with Crippen molar-refractivity contribution in [1.82, 2.24) is 10.2 Å². The molecular formula is C18H17F6N6O6+. The van der Waals surface area contributed by atoms with Gasteiger partial charge in [-0.3, -0.25) is 15.6 Å². The van der Waals surface area contributed by atoms with Gasteiger partial charge in [0.2, 0.25) is 0 Å².